The second kappa shape index (κ2) is 5.97. The van der Waals surface area contributed by atoms with Crippen molar-refractivity contribution >= 4 is 26.7 Å². The Labute approximate surface area is 125 Å². The van der Waals surface area contributed by atoms with E-state index in [2.05, 4.69) is 10.4 Å². The van der Waals surface area contributed by atoms with Gasteiger partial charge in [0.1, 0.15) is 5.82 Å². The molecule has 2 rings (SSSR count). The molecule has 0 bridgehead atoms. The molecule has 0 aliphatic heterocycles. The molecule has 1 heterocycles. The molecule has 0 fully saturated rings. The number of aromatic nitrogens is 1. The van der Waals surface area contributed by atoms with Crippen LogP contribution in [-0.2, 0) is 10.0 Å². The summed E-state index contributed by atoms with van der Waals surface area (Å²) in [4.78, 5) is 4.54. The first kappa shape index (κ1) is 15.7. The molecule has 0 aliphatic rings. The standard InChI is InChI=1S/C14H20N4O2S/c1-10(2)9-18(3)21(19,20)12-5-6-13-11(8-12)4-7-14(16-13)17-15/h4-8,10H,9,15H2,1-3H3,(H,16,17). The highest BCUT2D eigenvalue weighted by Gasteiger charge is 2.21. The lowest BCUT2D eigenvalue weighted by Crippen LogP contribution is -2.30. The van der Waals surface area contributed by atoms with Crippen LogP contribution in [0.4, 0.5) is 5.82 Å². The van der Waals surface area contributed by atoms with Crippen molar-refractivity contribution in [2.24, 2.45) is 11.8 Å². The molecule has 1 aromatic carbocycles. The highest BCUT2D eigenvalue weighted by atomic mass is 32.2. The Hall–Kier alpha value is -1.70. The number of sulfonamides is 1. The van der Waals surface area contributed by atoms with E-state index in [1.807, 2.05) is 13.8 Å². The summed E-state index contributed by atoms with van der Waals surface area (Å²) in [5.41, 5.74) is 3.16. The van der Waals surface area contributed by atoms with Gasteiger partial charge in [-0.25, -0.2) is 23.5 Å². The predicted octanol–water partition coefficient (Wildman–Crippen LogP) is 1.80. The number of rotatable bonds is 5. The molecule has 7 heteroatoms. The van der Waals surface area contributed by atoms with Crippen molar-refractivity contribution in [3.63, 3.8) is 0 Å². The number of hydrogen-bond donors (Lipinski definition) is 2. The summed E-state index contributed by atoms with van der Waals surface area (Å²) in [5.74, 6) is 6.12. The fourth-order valence-electron chi connectivity index (χ4n) is 2.14. The Morgan fingerprint density at radius 3 is 2.62 bits per heavy atom. The summed E-state index contributed by atoms with van der Waals surface area (Å²) < 4.78 is 26.4. The van der Waals surface area contributed by atoms with Crippen LogP contribution in [0, 0.1) is 5.92 Å². The maximum Gasteiger partial charge on any atom is 0.242 e. The minimum Gasteiger partial charge on any atom is -0.308 e. The minimum atomic E-state index is -3.48. The fourth-order valence-corrected chi connectivity index (χ4v) is 3.51. The summed E-state index contributed by atoms with van der Waals surface area (Å²) >= 11 is 0. The zero-order valence-electron chi connectivity index (χ0n) is 12.4. The van der Waals surface area contributed by atoms with Crippen molar-refractivity contribution in [1.82, 2.24) is 9.29 Å². The molecule has 0 aliphatic carbocycles. The van der Waals surface area contributed by atoms with E-state index >= 15 is 0 Å². The molecule has 0 unspecified atom stereocenters. The number of hydrazine groups is 1. The third kappa shape index (κ3) is 3.31. The smallest absolute Gasteiger partial charge is 0.242 e. The molecule has 114 valence electrons. The van der Waals surface area contributed by atoms with Gasteiger partial charge >= 0.3 is 0 Å². The maximum absolute atomic E-state index is 12.5. The largest absolute Gasteiger partial charge is 0.308 e. The van der Waals surface area contributed by atoms with Gasteiger partial charge in [0, 0.05) is 19.0 Å². The molecule has 21 heavy (non-hydrogen) atoms. The molecule has 1 aromatic heterocycles. The van der Waals surface area contributed by atoms with Gasteiger partial charge in [0.15, 0.2) is 0 Å². The van der Waals surface area contributed by atoms with Gasteiger partial charge in [-0.3, -0.25) is 0 Å². The first-order chi connectivity index (χ1) is 9.84. The number of fused-ring (bicyclic) bond motifs is 1. The quantitative estimate of drug-likeness (QED) is 0.649. The average molecular weight is 308 g/mol. The third-order valence-corrected chi connectivity index (χ3v) is 4.96. The van der Waals surface area contributed by atoms with Crippen LogP contribution in [0.25, 0.3) is 10.9 Å². The van der Waals surface area contributed by atoms with Crippen LogP contribution in [0.15, 0.2) is 35.2 Å². The number of nitrogens with one attached hydrogen (secondary N) is 1. The van der Waals surface area contributed by atoms with E-state index in [9.17, 15) is 8.42 Å². The van der Waals surface area contributed by atoms with Crippen LogP contribution in [0.1, 0.15) is 13.8 Å². The molecule has 0 spiro atoms. The number of hydrogen-bond acceptors (Lipinski definition) is 5. The maximum atomic E-state index is 12.5. The van der Waals surface area contributed by atoms with Gasteiger partial charge in [0.2, 0.25) is 10.0 Å². The normalized spacial score (nSPS) is 12.3. The van der Waals surface area contributed by atoms with Crippen LogP contribution in [0.5, 0.6) is 0 Å². The summed E-state index contributed by atoms with van der Waals surface area (Å²) in [6.07, 6.45) is 0. The monoisotopic (exact) mass is 308 g/mol. The van der Waals surface area contributed by atoms with Crippen LogP contribution in [0.3, 0.4) is 0 Å². The Morgan fingerprint density at radius 1 is 1.29 bits per heavy atom. The Balaban J connectivity index is 2.42. The first-order valence-electron chi connectivity index (χ1n) is 6.68. The van der Waals surface area contributed by atoms with Crippen LogP contribution >= 0.6 is 0 Å². The van der Waals surface area contributed by atoms with Crippen molar-refractivity contribution in [3.05, 3.63) is 30.3 Å². The Morgan fingerprint density at radius 2 is 2.00 bits per heavy atom. The third-order valence-electron chi connectivity index (χ3n) is 3.14. The van der Waals surface area contributed by atoms with Crippen molar-refractivity contribution < 1.29 is 8.42 Å². The zero-order chi connectivity index (χ0) is 15.6. The molecule has 0 saturated carbocycles. The van der Waals surface area contributed by atoms with E-state index in [-0.39, 0.29) is 10.8 Å². The highest BCUT2D eigenvalue weighted by Crippen LogP contribution is 2.22. The summed E-state index contributed by atoms with van der Waals surface area (Å²) in [6.45, 7) is 4.45. The van der Waals surface area contributed by atoms with Crippen LogP contribution in [0.2, 0.25) is 0 Å². The molecule has 0 saturated heterocycles. The van der Waals surface area contributed by atoms with E-state index in [1.54, 1.807) is 37.4 Å². The van der Waals surface area contributed by atoms with Gasteiger partial charge in [0.05, 0.1) is 10.4 Å². The number of nitrogens with two attached hydrogens (primary N) is 1. The van der Waals surface area contributed by atoms with E-state index in [0.29, 0.717) is 17.9 Å². The number of benzene rings is 1. The van der Waals surface area contributed by atoms with E-state index < -0.39 is 10.0 Å². The van der Waals surface area contributed by atoms with E-state index in [4.69, 9.17) is 5.84 Å². The molecule has 0 atom stereocenters. The summed E-state index contributed by atoms with van der Waals surface area (Å²) in [7, 11) is -1.88. The number of nitrogen functional groups attached to an aromatic ring is 1. The van der Waals surface area contributed by atoms with Gasteiger partial charge in [-0.05, 0) is 36.2 Å². The fraction of sp³-hybridized carbons (Fsp3) is 0.357. The number of anilines is 1. The van der Waals surface area contributed by atoms with Crippen molar-refractivity contribution in [3.8, 4) is 0 Å². The minimum absolute atomic E-state index is 0.269. The highest BCUT2D eigenvalue weighted by molar-refractivity contribution is 7.89. The summed E-state index contributed by atoms with van der Waals surface area (Å²) in [5, 5.41) is 0.757. The first-order valence-corrected chi connectivity index (χ1v) is 8.12. The second-order valence-electron chi connectivity index (χ2n) is 5.37. The Kier molecular flexibility index (Phi) is 4.46. The second-order valence-corrected chi connectivity index (χ2v) is 7.42. The lowest BCUT2D eigenvalue weighted by molar-refractivity contribution is 0.417. The molecule has 0 amide bonds. The molecular weight excluding hydrogens is 288 g/mol. The molecule has 2 aromatic rings. The summed E-state index contributed by atoms with van der Waals surface area (Å²) in [6, 6.07) is 8.39. The van der Waals surface area contributed by atoms with Gasteiger partial charge < -0.3 is 5.43 Å². The number of pyridine rings is 1. The SMILES string of the molecule is CC(C)CN(C)S(=O)(=O)c1ccc2nc(NN)ccc2c1. The van der Waals surface area contributed by atoms with Gasteiger partial charge in [-0.1, -0.05) is 13.8 Å². The lowest BCUT2D eigenvalue weighted by atomic mass is 10.2. The molecular formula is C14H20N4O2S. The average Bonchev–Trinajstić information content (AvgIpc) is 2.45. The van der Waals surface area contributed by atoms with Crippen LogP contribution < -0.4 is 11.3 Å². The number of nitrogens with zero attached hydrogens (tertiary/aromatic N) is 2. The lowest BCUT2D eigenvalue weighted by Gasteiger charge is -2.19. The van der Waals surface area contributed by atoms with Crippen molar-refractivity contribution in [2.45, 2.75) is 18.7 Å². The van der Waals surface area contributed by atoms with Gasteiger partial charge in [-0.2, -0.15) is 0 Å². The molecule has 0 radical (unpaired) electrons. The zero-order valence-corrected chi connectivity index (χ0v) is 13.2. The molecule has 6 nitrogen and oxygen atoms in total. The Bertz CT molecular complexity index is 744. The van der Waals surface area contributed by atoms with Crippen LogP contribution in [-0.4, -0.2) is 31.3 Å². The van der Waals surface area contributed by atoms with Crippen molar-refractivity contribution in [2.75, 3.05) is 19.0 Å². The topological polar surface area (TPSA) is 88.3 Å². The van der Waals surface area contributed by atoms with Gasteiger partial charge in [-0.15, -0.1) is 0 Å². The van der Waals surface area contributed by atoms with E-state index in [0.717, 1.165) is 5.39 Å². The van der Waals surface area contributed by atoms with E-state index in [1.165, 1.54) is 4.31 Å². The van der Waals surface area contributed by atoms with Crippen molar-refractivity contribution in [1.29, 1.82) is 0 Å². The van der Waals surface area contributed by atoms with Gasteiger partial charge in [0.25, 0.3) is 0 Å². The molecule has 3 N–H and O–H groups in total. The predicted molar refractivity (Wildman–Crippen MR) is 84.2 cm³/mol.